The molecule has 0 saturated carbocycles. The minimum absolute atomic E-state index is 0.157. The van der Waals surface area contributed by atoms with Gasteiger partial charge in [-0.2, -0.15) is 0 Å². The van der Waals surface area contributed by atoms with E-state index in [-0.39, 0.29) is 30.8 Å². The molecule has 0 aliphatic heterocycles. The standard InChI is InChI=1S/C27H46I3N9O4/c28-16-15-17(29)23(35)22(30)21(16)27(43)38-14-13-37-26(42)20(39-25(41)19(34)8-2-5-11-32)9-3-6-12-36-24(40)18(33)7-1-4-10-31/h15,18-20H,1-14,31-35H2,(H,36,40)(H,37,42)(H,38,43)(H,39,41). The SMILES string of the molecule is NCCCCC(N)C(=O)NCCCCC(NC(=O)C(N)CCCCN)C(=O)NCCNC(=O)c1c(I)cc(I)c(N)c1I. The van der Waals surface area contributed by atoms with Crippen molar-refractivity contribution in [3.8, 4) is 0 Å². The normalized spacial score (nSPS) is 13.1. The summed E-state index contributed by atoms with van der Waals surface area (Å²) in [5.74, 6) is -1.31. The van der Waals surface area contributed by atoms with Crippen molar-refractivity contribution in [2.45, 2.75) is 75.9 Å². The van der Waals surface area contributed by atoms with E-state index < -0.39 is 24.0 Å². The zero-order valence-corrected chi connectivity index (χ0v) is 30.8. The highest BCUT2D eigenvalue weighted by molar-refractivity contribution is 14.1. The van der Waals surface area contributed by atoms with Gasteiger partial charge in [0.1, 0.15) is 6.04 Å². The Balaban J connectivity index is 2.65. The van der Waals surface area contributed by atoms with Crippen LogP contribution in [0.15, 0.2) is 6.07 Å². The van der Waals surface area contributed by atoms with E-state index in [4.69, 9.17) is 28.7 Å². The highest BCUT2D eigenvalue weighted by Crippen LogP contribution is 2.29. The van der Waals surface area contributed by atoms with Gasteiger partial charge in [-0.05, 0) is 132 Å². The van der Waals surface area contributed by atoms with Gasteiger partial charge in [-0.25, -0.2) is 0 Å². The van der Waals surface area contributed by atoms with Gasteiger partial charge in [-0.1, -0.05) is 12.8 Å². The minimum atomic E-state index is -0.823. The maximum Gasteiger partial charge on any atom is 0.253 e. The van der Waals surface area contributed by atoms with E-state index in [1.807, 2.05) is 6.07 Å². The molecule has 1 aromatic carbocycles. The van der Waals surface area contributed by atoms with E-state index in [0.29, 0.717) is 73.0 Å². The number of carbonyl (C=O) groups is 4. The van der Waals surface area contributed by atoms with E-state index >= 15 is 0 Å². The molecule has 16 heteroatoms. The molecule has 0 heterocycles. The summed E-state index contributed by atoms with van der Waals surface area (Å²) in [6.07, 6.45) is 5.60. The predicted molar refractivity (Wildman–Crippen MR) is 195 cm³/mol. The van der Waals surface area contributed by atoms with Crippen LogP contribution in [-0.2, 0) is 14.4 Å². The van der Waals surface area contributed by atoms with Gasteiger partial charge in [-0.15, -0.1) is 0 Å². The van der Waals surface area contributed by atoms with Gasteiger partial charge in [-0.3, -0.25) is 19.2 Å². The zero-order chi connectivity index (χ0) is 32.4. The summed E-state index contributed by atoms with van der Waals surface area (Å²) in [6, 6.07) is -0.323. The quantitative estimate of drug-likeness (QED) is 0.0476. The fourth-order valence-corrected chi connectivity index (χ4v) is 7.89. The van der Waals surface area contributed by atoms with Crippen LogP contribution in [-0.4, -0.2) is 74.5 Å². The molecule has 0 aliphatic carbocycles. The molecule has 1 aromatic rings. The summed E-state index contributed by atoms with van der Waals surface area (Å²) in [7, 11) is 0. The Bertz CT molecular complexity index is 1070. The van der Waals surface area contributed by atoms with Crippen molar-refractivity contribution in [3.63, 3.8) is 0 Å². The summed E-state index contributed by atoms with van der Waals surface area (Å²) in [5, 5.41) is 11.2. The number of hydrogen-bond donors (Lipinski definition) is 9. The number of anilines is 1. The number of halogens is 3. The van der Waals surface area contributed by atoms with Gasteiger partial charge < -0.3 is 49.9 Å². The number of nitrogens with two attached hydrogens (primary N) is 5. The molecule has 0 aromatic heterocycles. The average molecular weight is 941 g/mol. The first-order valence-electron chi connectivity index (χ1n) is 14.4. The lowest BCUT2D eigenvalue weighted by atomic mass is 10.1. The van der Waals surface area contributed by atoms with Gasteiger partial charge >= 0.3 is 0 Å². The number of amides is 4. The molecule has 3 atom stereocenters. The second-order valence-corrected chi connectivity index (χ2v) is 13.5. The maximum atomic E-state index is 13.0. The number of benzene rings is 1. The first-order valence-corrected chi connectivity index (χ1v) is 17.7. The molecule has 0 aliphatic rings. The van der Waals surface area contributed by atoms with Crippen LogP contribution in [0, 0.1) is 10.7 Å². The summed E-state index contributed by atoms with van der Waals surface area (Å²) in [4.78, 5) is 50.7. The van der Waals surface area contributed by atoms with Crippen LogP contribution < -0.4 is 49.9 Å². The van der Waals surface area contributed by atoms with Crippen molar-refractivity contribution in [2.75, 3.05) is 38.5 Å². The Morgan fingerprint density at radius 1 is 0.674 bits per heavy atom. The highest BCUT2D eigenvalue weighted by atomic mass is 127. The van der Waals surface area contributed by atoms with Crippen molar-refractivity contribution >= 4 is 97.1 Å². The van der Waals surface area contributed by atoms with Crippen molar-refractivity contribution in [1.82, 2.24) is 21.3 Å². The number of nitrogens with one attached hydrogen (secondary N) is 4. The molecule has 0 radical (unpaired) electrons. The molecule has 244 valence electrons. The molecule has 13 nitrogen and oxygen atoms in total. The average Bonchev–Trinajstić information content (AvgIpc) is 2.97. The van der Waals surface area contributed by atoms with Crippen molar-refractivity contribution in [2.24, 2.45) is 22.9 Å². The fraction of sp³-hybridized carbons (Fsp3) is 0.630. The van der Waals surface area contributed by atoms with E-state index in [1.165, 1.54) is 0 Å². The molecular weight excluding hydrogens is 895 g/mol. The molecule has 3 unspecified atom stereocenters. The molecule has 0 bridgehead atoms. The van der Waals surface area contributed by atoms with Crippen LogP contribution in [0.3, 0.4) is 0 Å². The second kappa shape index (κ2) is 22.4. The Morgan fingerprint density at radius 3 is 1.81 bits per heavy atom. The lowest BCUT2D eigenvalue weighted by molar-refractivity contribution is -0.129. The molecule has 0 fully saturated rings. The van der Waals surface area contributed by atoms with Gasteiger partial charge in [0.15, 0.2) is 0 Å². The van der Waals surface area contributed by atoms with E-state index in [1.54, 1.807) is 0 Å². The molecular formula is C27H46I3N9O4. The summed E-state index contributed by atoms with van der Waals surface area (Å²) >= 11 is 6.28. The van der Waals surface area contributed by atoms with Crippen LogP contribution in [0.5, 0.6) is 0 Å². The lowest BCUT2D eigenvalue weighted by Crippen LogP contribution is -2.52. The van der Waals surface area contributed by atoms with Crippen molar-refractivity contribution in [3.05, 3.63) is 22.3 Å². The largest absolute Gasteiger partial charge is 0.397 e. The number of nitrogen functional groups attached to an aromatic ring is 1. The van der Waals surface area contributed by atoms with Crippen LogP contribution in [0.2, 0.25) is 0 Å². The maximum absolute atomic E-state index is 13.0. The fourth-order valence-electron chi connectivity index (χ4n) is 4.03. The topological polar surface area (TPSA) is 247 Å². The molecule has 43 heavy (non-hydrogen) atoms. The third-order valence-electron chi connectivity index (χ3n) is 6.61. The van der Waals surface area contributed by atoms with Gasteiger partial charge in [0.2, 0.25) is 17.7 Å². The van der Waals surface area contributed by atoms with Crippen molar-refractivity contribution in [1.29, 1.82) is 0 Å². The summed E-state index contributed by atoms with van der Waals surface area (Å²) in [5.41, 5.74) is 30.1. The summed E-state index contributed by atoms with van der Waals surface area (Å²) < 4.78 is 2.31. The van der Waals surface area contributed by atoms with Crippen LogP contribution >= 0.6 is 67.8 Å². The smallest absolute Gasteiger partial charge is 0.253 e. The third kappa shape index (κ3) is 15.2. The van der Waals surface area contributed by atoms with Crippen LogP contribution in [0.25, 0.3) is 0 Å². The molecule has 1 rings (SSSR count). The first-order chi connectivity index (χ1) is 20.4. The van der Waals surface area contributed by atoms with Crippen LogP contribution in [0.4, 0.5) is 5.69 Å². The molecule has 0 saturated heterocycles. The Morgan fingerprint density at radius 2 is 1.21 bits per heavy atom. The van der Waals surface area contributed by atoms with E-state index in [0.717, 1.165) is 26.4 Å². The zero-order valence-electron chi connectivity index (χ0n) is 24.4. The Hall–Kier alpha value is -1.07. The summed E-state index contributed by atoms with van der Waals surface area (Å²) in [6.45, 7) is 1.82. The number of rotatable bonds is 21. The Kier molecular flexibility index (Phi) is 20.8. The molecule has 4 amide bonds. The van der Waals surface area contributed by atoms with Gasteiger partial charge in [0, 0.05) is 26.8 Å². The predicted octanol–water partition coefficient (Wildman–Crippen LogP) is 0.613. The third-order valence-corrected chi connectivity index (χ3v) is 9.47. The Labute approximate surface area is 294 Å². The monoisotopic (exact) mass is 941 g/mol. The van der Waals surface area contributed by atoms with Crippen LogP contribution in [0.1, 0.15) is 68.1 Å². The second-order valence-electron chi connectivity index (χ2n) is 10.1. The molecule has 14 N–H and O–H groups in total. The number of unbranched alkanes of at least 4 members (excludes halogenated alkanes) is 3. The van der Waals surface area contributed by atoms with E-state index in [9.17, 15) is 19.2 Å². The highest BCUT2D eigenvalue weighted by Gasteiger charge is 2.24. The minimum Gasteiger partial charge on any atom is -0.397 e. The number of hydrogen-bond acceptors (Lipinski definition) is 9. The van der Waals surface area contributed by atoms with E-state index in [2.05, 4.69) is 89.0 Å². The van der Waals surface area contributed by atoms with Crippen molar-refractivity contribution < 1.29 is 19.2 Å². The van der Waals surface area contributed by atoms with Gasteiger partial charge in [0.25, 0.3) is 5.91 Å². The molecule has 0 spiro atoms. The van der Waals surface area contributed by atoms with Gasteiger partial charge in [0.05, 0.1) is 26.9 Å². The number of carbonyl (C=O) groups excluding carboxylic acids is 4. The lowest BCUT2D eigenvalue weighted by Gasteiger charge is -2.21. The first kappa shape index (κ1) is 40.0.